The topological polar surface area (TPSA) is 59.9 Å². The number of fused-ring (bicyclic) bond motifs is 1. The van der Waals surface area contributed by atoms with Gasteiger partial charge in [-0.3, -0.25) is 4.79 Å². The van der Waals surface area contributed by atoms with E-state index in [2.05, 4.69) is 14.5 Å². The average molecular weight is 380 g/mol. The maximum absolute atomic E-state index is 13.1. The molecule has 1 N–H and O–H groups in total. The number of methoxy groups -OCH3 is 1. The molecule has 27 heavy (non-hydrogen) atoms. The number of halogens is 1. The van der Waals surface area contributed by atoms with Crippen molar-refractivity contribution in [2.75, 3.05) is 7.11 Å². The van der Waals surface area contributed by atoms with Gasteiger partial charge in [-0.1, -0.05) is 23.7 Å². The Hall–Kier alpha value is -3.05. The molecule has 2 aromatic carbocycles. The van der Waals surface area contributed by atoms with Crippen molar-refractivity contribution in [3.63, 3.8) is 0 Å². The third-order valence-corrected chi connectivity index (χ3v) is 4.98. The maximum Gasteiger partial charge on any atom is 0.230 e. The summed E-state index contributed by atoms with van der Waals surface area (Å²) >= 11 is 6.00. The molecule has 136 valence electrons. The number of nitrogens with zero attached hydrogens (tertiary/aromatic N) is 2. The molecule has 0 aliphatic rings. The second kappa shape index (κ2) is 6.93. The van der Waals surface area contributed by atoms with Gasteiger partial charge >= 0.3 is 0 Å². The van der Waals surface area contributed by atoms with Gasteiger partial charge in [0.05, 0.1) is 12.7 Å². The molecule has 5 nitrogen and oxygen atoms in total. The first-order valence-electron chi connectivity index (χ1n) is 8.54. The summed E-state index contributed by atoms with van der Waals surface area (Å²) in [6.07, 6.45) is 3.23. The van der Waals surface area contributed by atoms with Crippen molar-refractivity contribution in [2.45, 2.75) is 13.5 Å². The number of ether oxygens (including phenoxy) is 1. The zero-order chi connectivity index (χ0) is 19.0. The first-order chi connectivity index (χ1) is 13.1. The fraction of sp³-hybridized carbons (Fsp3) is 0.143. The second-order valence-electron chi connectivity index (χ2n) is 6.32. The van der Waals surface area contributed by atoms with Crippen molar-refractivity contribution >= 4 is 28.3 Å². The van der Waals surface area contributed by atoms with Crippen LogP contribution in [0.15, 0.2) is 54.9 Å². The molecule has 0 unspecified atom stereocenters. The number of hydrogen-bond acceptors (Lipinski definition) is 3. The van der Waals surface area contributed by atoms with Crippen molar-refractivity contribution in [3.05, 3.63) is 82.5 Å². The Balaban J connectivity index is 1.90. The van der Waals surface area contributed by atoms with Gasteiger partial charge in [-0.15, -0.1) is 0 Å². The van der Waals surface area contributed by atoms with E-state index in [1.54, 1.807) is 19.5 Å². The maximum atomic E-state index is 13.1. The molecule has 4 aromatic rings. The Morgan fingerprint density at radius 2 is 2.00 bits per heavy atom. The third-order valence-electron chi connectivity index (χ3n) is 4.72. The average Bonchev–Trinajstić information content (AvgIpc) is 3.30. The number of carbonyl (C=O) groups excluding carboxylic acids is 1. The molecule has 2 heterocycles. The van der Waals surface area contributed by atoms with Gasteiger partial charge < -0.3 is 14.3 Å². The lowest BCUT2D eigenvalue weighted by atomic mass is 10.1. The van der Waals surface area contributed by atoms with Gasteiger partial charge in [0.15, 0.2) is 5.82 Å². The predicted octanol–water partition coefficient (Wildman–Crippen LogP) is 4.61. The molecule has 0 spiro atoms. The number of nitrogens with one attached hydrogen (secondary N) is 1. The number of rotatable bonds is 5. The van der Waals surface area contributed by atoms with Gasteiger partial charge in [0.25, 0.3) is 0 Å². The summed E-state index contributed by atoms with van der Waals surface area (Å²) in [5.41, 5.74) is 3.59. The normalized spacial score (nSPS) is 11.1. The van der Waals surface area contributed by atoms with Gasteiger partial charge in [-0.25, -0.2) is 4.98 Å². The van der Waals surface area contributed by atoms with Crippen LogP contribution in [0.4, 0.5) is 0 Å². The van der Waals surface area contributed by atoms with Gasteiger partial charge in [0.2, 0.25) is 5.78 Å². The number of aromatic nitrogens is 3. The Kier molecular flexibility index (Phi) is 4.46. The second-order valence-corrected chi connectivity index (χ2v) is 6.76. The number of H-pyrrole nitrogens is 1. The largest absolute Gasteiger partial charge is 0.497 e. The molecular formula is C21H18ClN3O2. The van der Waals surface area contributed by atoms with E-state index in [-0.39, 0.29) is 5.78 Å². The number of benzene rings is 2. The zero-order valence-electron chi connectivity index (χ0n) is 15.0. The van der Waals surface area contributed by atoms with E-state index in [9.17, 15) is 4.79 Å². The van der Waals surface area contributed by atoms with E-state index in [4.69, 9.17) is 16.3 Å². The molecule has 0 aliphatic carbocycles. The smallest absolute Gasteiger partial charge is 0.230 e. The standard InChI is InChI=1S/C21H18ClN3O2/c1-13-19(20(26)21-23-9-10-24-21)17-11-16(27-2)7-8-18(17)25(13)12-14-3-5-15(22)6-4-14/h3-11H,12H2,1-2H3,(H,23,24). The minimum absolute atomic E-state index is 0.134. The summed E-state index contributed by atoms with van der Waals surface area (Å²) in [6.45, 7) is 2.59. The number of hydrogen-bond donors (Lipinski definition) is 1. The Morgan fingerprint density at radius 3 is 2.67 bits per heavy atom. The van der Waals surface area contributed by atoms with Crippen LogP contribution < -0.4 is 4.74 Å². The molecule has 0 bridgehead atoms. The van der Waals surface area contributed by atoms with E-state index in [1.807, 2.05) is 49.4 Å². The van der Waals surface area contributed by atoms with Crippen molar-refractivity contribution in [1.29, 1.82) is 0 Å². The fourth-order valence-electron chi connectivity index (χ4n) is 3.36. The van der Waals surface area contributed by atoms with E-state index in [0.29, 0.717) is 28.7 Å². The molecule has 0 aliphatic heterocycles. The first-order valence-corrected chi connectivity index (χ1v) is 8.91. The summed E-state index contributed by atoms with van der Waals surface area (Å²) in [5.74, 6) is 0.900. The number of imidazole rings is 1. The highest BCUT2D eigenvalue weighted by Crippen LogP contribution is 2.31. The Labute approximate surface area is 161 Å². The number of aromatic amines is 1. The lowest BCUT2D eigenvalue weighted by Gasteiger charge is -2.09. The zero-order valence-corrected chi connectivity index (χ0v) is 15.7. The molecule has 6 heteroatoms. The van der Waals surface area contributed by atoms with Crippen LogP contribution in [0.25, 0.3) is 10.9 Å². The third kappa shape index (κ3) is 3.11. The fourth-order valence-corrected chi connectivity index (χ4v) is 3.48. The van der Waals surface area contributed by atoms with Gasteiger partial charge in [0, 0.05) is 40.6 Å². The quantitative estimate of drug-likeness (QED) is 0.515. The highest BCUT2D eigenvalue weighted by molar-refractivity contribution is 6.30. The molecule has 2 aromatic heterocycles. The highest BCUT2D eigenvalue weighted by atomic mass is 35.5. The van der Waals surface area contributed by atoms with Crippen molar-refractivity contribution < 1.29 is 9.53 Å². The van der Waals surface area contributed by atoms with Gasteiger partial charge in [0.1, 0.15) is 5.75 Å². The van der Waals surface area contributed by atoms with Crippen molar-refractivity contribution in [3.8, 4) is 5.75 Å². The number of carbonyl (C=O) groups is 1. The van der Waals surface area contributed by atoms with E-state index in [1.165, 1.54) is 0 Å². The van der Waals surface area contributed by atoms with Gasteiger partial charge in [-0.2, -0.15) is 0 Å². The molecular weight excluding hydrogens is 362 g/mol. The lowest BCUT2D eigenvalue weighted by molar-refractivity contribution is 0.103. The molecule has 0 saturated heterocycles. The van der Waals surface area contributed by atoms with E-state index >= 15 is 0 Å². The van der Waals surface area contributed by atoms with Crippen LogP contribution in [-0.4, -0.2) is 27.4 Å². The van der Waals surface area contributed by atoms with Crippen LogP contribution in [0.2, 0.25) is 5.02 Å². The monoisotopic (exact) mass is 379 g/mol. The predicted molar refractivity (Wildman–Crippen MR) is 106 cm³/mol. The van der Waals surface area contributed by atoms with Crippen LogP contribution in [0.3, 0.4) is 0 Å². The molecule has 0 atom stereocenters. The number of ketones is 1. The van der Waals surface area contributed by atoms with Crippen molar-refractivity contribution in [1.82, 2.24) is 14.5 Å². The first kappa shape index (κ1) is 17.4. The minimum Gasteiger partial charge on any atom is -0.497 e. The van der Waals surface area contributed by atoms with E-state index < -0.39 is 0 Å². The molecule has 4 rings (SSSR count). The lowest BCUT2D eigenvalue weighted by Crippen LogP contribution is -2.07. The minimum atomic E-state index is -0.134. The van der Waals surface area contributed by atoms with Crippen LogP contribution in [-0.2, 0) is 6.54 Å². The summed E-state index contributed by atoms with van der Waals surface area (Å²) < 4.78 is 7.50. The van der Waals surface area contributed by atoms with Crippen LogP contribution in [0.5, 0.6) is 5.75 Å². The van der Waals surface area contributed by atoms with Crippen LogP contribution in [0.1, 0.15) is 27.4 Å². The van der Waals surface area contributed by atoms with Crippen LogP contribution >= 0.6 is 11.6 Å². The summed E-state index contributed by atoms with van der Waals surface area (Å²) in [4.78, 5) is 20.1. The van der Waals surface area contributed by atoms with Gasteiger partial charge in [-0.05, 0) is 42.8 Å². The molecule has 0 saturated carbocycles. The molecule has 0 amide bonds. The Morgan fingerprint density at radius 1 is 1.22 bits per heavy atom. The van der Waals surface area contributed by atoms with E-state index in [0.717, 1.165) is 22.2 Å². The summed E-state index contributed by atoms with van der Waals surface area (Å²) in [5, 5.41) is 1.55. The molecule has 0 fully saturated rings. The molecule has 0 radical (unpaired) electrons. The SMILES string of the molecule is COc1ccc2c(c1)c(C(=O)c1ncc[nH]1)c(C)n2Cc1ccc(Cl)cc1. The summed E-state index contributed by atoms with van der Waals surface area (Å²) in [7, 11) is 1.62. The van der Waals surface area contributed by atoms with Crippen LogP contribution in [0, 0.1) is 6.92 Å². The summed E-state index contributed by atoms with van der Waals surface area (Å²) in [6, 6.07) is 13.5. The highest BCUT2D eigenvalue weighted by Gasteiger charge is 2.23. The Bertz CT molecular complexity index is 1110. The van der Waals surface area contributed by atoms with Crippen molar-refractivity contribution in [2.24, 2.45) is 0 Å².